The molecule has 0 radical (unpaired) electrons. The summed E-state index contributed by atoms with van der Waals surface area (Å²) in [6.07, 6.45) is 0.589. The predicted octanol–water partition coefficient (Wildman–Crippen LogP) is 0.888. The highest BCUT2D eigenvalue weighted by molar-refractivity contribution is 7.89. The number of carboxylic acids is 1. The Hall–Kier alpha value is -1.93. The summed E-state index contributed by atoms with van der Waals surface area (Å²) in [5.74, 6) is -1.66. The van der Waals surface area contributed by atoms with Crippen LogP contribution in [-0.2, 0) is 14.8 Å². The van der Waals surface area contributed by atoms with Crippen molar-refractivity contribution in [2.75, 3.05) is 13.1 Å². The van der Waals surface area contributed by atoms with Crippen LogP contribution in [0.3, 0.4) is 0 Å². The Bertz CT molecular complexity index is 697. The first-order valence-corrected chi connectivity index (χ1v) is 8.27. The number of amides is 1. The van der Waals surface area contributed by atoms with Crippen LogP contribution in [0.4, 0.5) is 0 Å². The standard InChI is InChI=1S/C14H20N2O5S/c1-4-5-16(8-13(17)18)14(19)11-6-9(2)10(3)12(7-11)22(15,20)21/h6-7H,4-5,8H2,1-3H3,(H,17,18)(H2,15,20,21). The van der Waals surface area contributed by atoms with E-state index in [0.29, 0.717) is 17.5 Å². The van der Waals surface area contributed by atoms with Gasteiger partial charge in [-0.25, -0.2) is 13.6 Å². The summed E-state index contributed by atoms with van der Waals surface area (Å²) in [6, 6.07) is 2.74. The van der Waals surface area contributed by atoms with Gasteiger partial charge < -0.3 is 10.0 Å². The average molecular weight is 328 g/mol. The molecule has 0 fully saturated rings. The van der Waals surface area contributed by atoms with Gasteiger partial charge in [0.15, 0.2) is 0 Å². The maximum absolute atomic E-state index is 12.4. The Morgan fingerprint density at radius 3 is 2.32 bits per heavy atom. The van der Waals surface area contributed by atoms with Crippen molar-refractivity contribution in [3.63, 3.8) is 0 Å². The number of carboxylic acid groups (broad SMARTS) is 1. The molecule has 0 aliphatic rings. The fraction of sp³-hybridized carbons (Fsp3) is 0.429. The summed E-state index contributed by atoms with van der Waals surface area (Å²) >= 11 is 0. The molecule has 0 atom stereocenters. The van der Waals surface area contributed by atoms with E-state index in [1.807, 2.05) is 6.92 Å². The molecule has 1 aromatic rings. The van der Waals surface area contributed by atoms with Crippen LogP contribution in [0.2, 0.25) is 0 Å². The van der Waals surface area contributed by atoms with Gasteiger partial charge in [0.05, 0.1) is 4.90 Å². The van der Waals surface area contributed by atoms with Crippen molar-refractivity contribution in [1.29, 1.82) is 0 Å². The minimum atomic E-state index is -3.96. The van der Waals surface area contributed by atoms with E-state index >= 15 is 0 Å². The summed E-state index contributed by atoms with van der Waals surface area (Å²) < 4.78 is 23.2. The smallest absolute Gasteiger partial charge is 0.323 e. The molecule has 0 heterocycles. The number of aryl methyl sites for hydroxylation is 1. The first-order chi connectivity index (χ1) is 10.1. The third kappa shape index (κ3) is 4.28. The van der Waals surface area contributed by atoms with E-state index in [2.05, 4.69) is 0 Å². The second-order valence-electron chi connectivity index (χ2n) is 5.08. The van der Waals surface area contributed by atoms with E-state index in [1.165, 1.54) is 17.0 Å². The molecule has 122 valence electrons. The van der Waals surface area contributed by atoms with Crippen molar-refractivity contribution in [1.82, 2.24) is 4.90 Å². The molecule has 22 heavy (non-hydrogen) atoms. The van der Waals surface area contributed by atoms with Crippen LogP contribution >= 0.6 is 0 Å². The number of carbonyl (C=O) groups is 2. The zero-order valence-corrected chi connectivity index (χ0v) is 13.6. The number of sulfonamides is 1. The molecule has 0 unspecified atom stereocenters. The van der Waals surface area contributed by atoms with E-state index in [0.717, 1.165) is 0 Å². The average Bonchev–Trinajstić information content (AvgIpc) is 2.38. The van der Waals surface area contributed by atoms with E-state index in [-0.39, 0.29) is 17.0 Å². The molecular formula is C14H20N2O5S. The fourth-order valence-corrected chi connectivity index (χ4v) is 2.99. The Morgan fingerprint density at radius 1 is 1.27 bits per heavy atom. The first kappa shape index (κ1) is 18.1. The second-order valence-corrected chi connectivity index (χ2v) is 6.61. The second kappa shape index (κ2) is 6.89. The Kier molecular flexibility index (Phi) is 5.67. The molecule has 0 saturated heterocycles. The van der Waals surface area contributed by atoms with Crippen molar-refractivity contribution in [3.8, 4) is 0 Å². The zero-order chi connectivity index (χ0) is 17.1. The predicted molar refractivity (Wildman–Crippen MR) is 81.1 cm³/mol. The van der Waals surface area contributed by atoms with Gasteiger partial charge in [0.2, 0.25) is 10.0 Å². The van der Waals surface area contributed by atoms with E-state index < -0.39 is 28.4 Å². The molecular weight excluding hydrogens is 308 g/mol. The molecule has 7 nitrogen and oxygen atoms in total. The van der Waals surface area contributed by atoms with Gasteiger partial charge in [0, 0.05) is 12.1 Å². The Labute approximate surface area is 129 Å². The highest BCUT2D eigenvalue weighted by Crippen LogP contribution is 2.21. The van der Waals surface area contributed by atoms with Crippen LogP contribution in [0.5, 0.6) is 0 Å². The lowest BCUT2D eigenvalue weighted by molar-refractivity contribution is -0.137. The van der Waals surface area contributed by atoms with Crippen molar-refractivity contribution < 1.29 is 23.1 Å². The van der Waals surface area contributed by atoms with Gasteiger partial charge in [-0.05, 0) is 43.5 Å². The number of carbonyl (C=O) groups excluding carboxylic acids is 1. The van der Waals surface area contributed by atoms with Crippen LogP contribution < -0.4 is 5.14 Å². The van der Waals surface area contributed by atoms with E-state index in [4.69, 9.17) is 10.2 Å². The first-order valence-electron chi connectivity index (χ1n) is 6.73. The number of aliphatic carboxylic acids is 1. The van der Waals surface area contributed by atoms with Crippen molar-refractivity contribution in [3.05, 3.63) is 28.8 Å². The van der Waals surface area contributed by atoms with E-state index in [1.54, 1.807) is 13.8 Å². The quantitative estimate of drug-likeness (QED) is 0.804. The number of hydrogen-bond donors (Lipinski definition) is 2. The number of hydrogen-bond acceptors (Lipinski definition) is 4. The Balaban J connectivity index is 3.33. The van der Waals surface area contributed by atoms with Gasteiger partial charge in [-0.3, -0.25) is 9.59 Å². The van der Waals surface area contributed by atoms with Crippen LogP contribution in [-0.4, -0.2) is 43.4 Å². The molecule has 1 amide bonds. The summed E-state index contributed by atoms with van der Waals surface area (Å²) in [5, 5.41) is 14.0. The third-order valence-corrected chi connectivity index (χ3v) is 4.32. The lowest BCUT2D eigenvalue weighted by atomic mass is 10.1. The summed E-state index contributed by atoms with van der Waals surface area (Å²) in [7, 11) is -3.96. The number of benzene rings is 1. The lowest BCUT2D eigenvalue weighted by Crippen LogP contribution is -2.36. The fourth-order valence-electron chi connectivity index (χ4n) is 2.11. The molecule has 0 aliphatic carbocycles. The van der Waals surface area contributed by atoms with Crippen molar-refractivity contribution >= 4 is 21.9 Å². The van der Waals surface area contributed by atoms with Crippen LogP contribution in [0.1, 0.15) is 34.8 Å². The summed E-state index contributed by atoms with van der Waals surface area (Å²) in [5.41, 5.74) is 1.18. The molecule has 8 heteroatoms. The topological polar surface area (TPSA) is 118 Å². The monoisotopic (exact) mass is 328 g/mol. The number of nitrogens with two attached hydrogens (primary N) is 1. The van der Waals surface area contributed by atoms with Gasteiger partial charge in [0.1, 0.15) is 6.54 Å². The highest BCUT2D eigenvalue weighted by Gasteiger charge is 2.22. The molecule has 0 bridgehead atoms. The van der Waals surface area contributed by atoms with Gasteiger partial charge in [-0.2, -0.15) is 0 Å². The third-order valence-electron chi connectivity index (χ3n) is 3.28. The summed E-state index contributed by atoms with van der Waals surface area (Å²) in [6.45, 7) is 4.91. The molecule has 1 aromatic carbocycles. The molecule has 0 aliphatic heterocycles. The minimum absolute atomic E-state index is 0.113. The number of primary sulfonamides is 1. The van der Waals surface area contributed by atoms with Gasteiger partial charge >= 0.3 is 5.97 Å². The van der Waals surface area contributed by atoms with Gasteiger partial charge in [0.25, 0.3) is 5.91 Å². The molecule has 3 N–H and O–H groups in total. The molecule has 0 saturated carbocycles. The number of rotatable bonds is 6. The van der Waals surface area contributed by atoms with Crippen LogP contribution in [0, 0.1) is 13.8 Å². The Morgan fingerprint density at radius 2 is 1.86 bits per heavy atom. The zero-order valence-electron chi connectivity index (χ0n) is 12.8. The largest absolute Gasteiger partial charge is 0.480 e. The summed E-state index contributed by atoms with van der Waals surface area (Å²) in [4.78, 5) is 24.3. The van der Waals surface area contributed by atoms with E-state index in [9.17, 15) is 18.0 Å². The van der Waals surface area contributed by atoms with Gasteiger partial charge in [-0.1, -0.05) is 6.92 Å². The maximum atomic E-state index is 12.4. The molecule has 0 spiro atoms. The number of nitrogens with zero attached hydrogens (tertiary/aromatic N) is 1. The molecule has 1 rings (SSSR count). The van der Waals surface area contributed by atoms with Crippen molar-refractivity contribution in [2.45, 2.75) is 32.1 Å². The van der Waals surface area contributed by atoms with Crippen LogP contribution in [0.15, 0.2) is 17.0 Å². The van der Waals surface area contributed by atoms with Gasteiger partial charge in [-0.15, -0.1) is 0 Å². The van der Waals surface area contributed by atoms with Crippen LogP contribution in [0.25, 0.3) is 0 Å². The maximum Gasteiger partial charge on any atom is 0.323 e. The highest BCUT2D eigenvalue weighted by atomic mass is 32.2. The molecule has 0 aromatic heterocycles. The van der Waals surface area contributed by atoms with Crippen molar-refractivity contribution in [2.24, 2.45) is 5.14 Å². The SMILES string of the molecule is CCCN(CC(=O)O)C(=O)c1cc(C)c(C)c(S(N)(=O)=O)c1. The minimum Gasteiger partial charge on any atom is -0.480 e. The lowest BCUT2D eigenvalue weighted by Gasteiger charge is -2.21. The normalized spacial score (nSPS) is 11.3.